The molecular formula is C9H9O. The molecule has 0 bridgehead atoms. The predicted octanol–water partition coefficient (Wildman–Crippen LogP) is 2.13. The highest BCUT2D eigenvalue weighted by Crippen LogP contribution is 1.99. The molecular weight excluding hydrogens is 124 g/mol. The fourth-order valence-electron chi connectivity index (χ4n) is 0.748. The summed E-state index contributed by atoms with van der Waals surface area (Å²) in [6.07, 6.45) is 3.43. The van der Waals surface area contributed by atoms with Crippen molar-refractivity contribution in [3.8, 4) is 0 Å². The molecule has 1 aromatic rings. The van der Waals surface area contributed by atoms with Crippen LogP contribution >= 0.6 is 0 Å². The molecule has 1 nitrogen and oxygen atoms in total. The van der Waals surface area contributed by atoms with Gasteiger partial charge in [0, 0.05) is 0 Å². The fraction of sp³-hybridized carbons (Fsp3) is 0.111. The monoisotopic (exact) mass is 133 g/mol. The summed E-state index contributed by atoms with van der Waals surface area (Å²) < 4.78 is 0. The maximum atomic E-state index is 10.0. The van der Waals surface area contributed by atoms with E-state index in [0.29, 0.717) is 0 Å². The van der Waals surface area contributed by atoms with E-state index in [0.717, 1.165) is 5.56 Å². The van der Waals surface area contributed by atoms with Crippen LogP contribution in [-0.4, -0.2) is 6.61 Å². The molecule has 1 rings (SSSR count). The highest BCUT2D eigenvalue weighted by Gasteiger charge is 1.79. The average Bonchev–Trinajstić information content (AvgIpc) is 2.03. The number of hydrogen-bond donors (Lipinski definition) is 0. The van der Waals surface area contributed by atoms with Crippen molar-refractivity contribution in [3.05, 3.63) is 42.0 Å². The molecule has 0 saturated heterocycles. The van der Waals surface area contributed by atoms with Crippen LogP contribution in [0.2, 0.25) is 0 Å². The summed E-state index contributed by atoms with van der Waals surface area (Å²) in [6, 6.07) is 9.78. The first-order chi connectivity index (χ1) is 4.93. The molecule has 0 aliphatic rings. The minimum absolute atomic E-state index is 0.144. The van der Waals surface area contributed by atoms with Crippen LogP contribution in [0.4, 0.5) is 0 Å². The van der Waals surface area contributed by atoms with E-state index in [9.17, 15) is 5.11 Å². The summed E-state index contributed by atoms with van der Waals surface area (Å²) in [4.78, 5) is 0. The molecule has 0 atom stereocenters. The minimum Gasteiger partial charge on any atom is -0.232 e. The van der Waals surface area contributed by atoms with Gasteiger partial charge in [0.1, 0.15) is 6.61 Å². The second kappa shape index (κ2) is 3.85. The van der Waals surface area contributed by atoms with Gasteiger partial charge in [0.2, 0.25) is 0 Å². The third kappa shape index (κ3) is 2.03. The van der Waals surface area contributed by atoms with Crippen molar-refractivity contribution >= 4 is 6.08 Å². The van der Waals surface area contributed by atoms with Gasteiger partial charge in [-0.15, -0.1) is 0 Å². The Morgan fingerprint density at radius 2 is 1.90 bits per heavy atom. The molecule has 0 aromatic heterocycles. The lowest BCUT2D eigenvalue weighted by atomic mass is 10.2. The Kier molecular flexibility index (Phi) is 2.71. The Morgan fingerprint density at radius 1 is 1.20 bits per heavy atom. The number of hydrogen-bond acceptors (Lipinski definition) is 0. The van der Waals surface area contributed by atoms with Gasteiger partial charge in [0.15, 0.2) is 0 Å². The Balaban J connectivity index is 2.67. The molecule has 0 saturated carbocycles. The molecule has 51 valence electrons. The molecule has 0 spiro atoms. The largest absolute Gasteiger partial charge is 0.232 e. The van der Waals surface area contributed by atoms with Crippen LogP contribution in [0.15, 0.2) is 36.4 Å². The lowest BCUT2D eigenvalue weighted by Gasteiger charge is -1.87. The summed E-state index contributed by atoms with van der Waals surface area (Å²) in [5.41, 5.74) is 1.08. The SMILES string of the molecule is [O]CC=Cc1ccccc1. The minimum atomic E-state index is -0.144. The van der Waals surface area contributed by atoms with Crippen LogP contribution in [-0.2, 0) is 5.11 Å². The molecule has 10 heavy (non-hydrogen) atoms. The first kappa shape index (κ1) is 7.03. The Labute approximate surface area is 60.6 Å². The van der Waals surface area contributed by atoms with Crippen LogP contribution in [0.5, 0.6) is 0 Å². The Morgan fingerprint density at radius 3 is 2.50 bits per heavy atom. The van der Waals surface area contributed by atoms with Crippen molar-refractivity contribution < 1.29 is 5.11 Å². The van der Waals surface area contributed by atoms with Crippen molar-refractivity contribution in [3.63, 3.8) is 0 Å². The van der Waals surface area contributed by atoms with E-state index < -0.39 is 0 Å². The number of rotatable bonds is 2. The van der Waals surface area contributed by atoms with Crippen molar-refractivity contribution in [1.29, 1.82) is 0 Å². The van der Waals surface area contributed by atoms with Crippen LogP contribution in [0.3, 0.4) is 0 Å². The van der Waals surface area contributed by atoms with E-state index >= 15 is 0 Å². The highest BCUT2D eigenvalue weighted by atomic mass is 16.2. The zero-order chi connectivity index (χ0) is 7.23. The summed E-state index contributed by atoms with van der Waals surface area (Å²) in [5, 5.41) is 10.0. The van der Waals surface area contributed by atoms with Gasteiger partial charge < -0.3 is 0 Å². The Hall–Kier alpha value is -1.08. The van der Waals surface area contributed by atoms with Crippen LogP contribution in [0.1, 0.15) is 5.56 Å². The number of benzene rings is 1. The molecule has 0 N–H and O–H groups in total. The second-order valence-corrected chi connectivity index (χ2v) is 1.98. The molecule has 1 radical (unpaired) electrons. The van der Waals surface area contributed by atoms with Gasteiger partial charge in [-0.25, -0.2) is 5.11 Å². The van der Waals surface area contributed by atoms with Crippen LogP contribution in [0.25, 0.3) is 6.08 Å². The molecule has 0 unspecified atom stereocenters. The van der Waals surface area contributed by atoms with E-state index in [1.807, 2.05) is 36.4 Å². The molecule has 1 aromatic carbocycles. The van der Waals surface area contributed by atoms with Crippen molar-refractivity contribution in [2.75, 3.05) is 6.61 Å². The van der Waals surface area contributed by atoms with E-state index in [1.165, 1.54) is 0 Å². The topological polar surface area (TPSA) is 19.9 Å². The van der Waals surface area contributed by atoms with E-state index in [2.05, 4.69) is 0 Å². The smallest absolute Gasteiger partial charge is 0.101 e. The molecule has 1 heteroatoms. The first-order valence-corrected chi connectivity index (χ1v) is 3.23. The van der Waals surface area contributed by atoms with Crippen molar-refractivity contribution in [2.45, 2.75) is 0 Å². The Bertz CT molecular complexity index is 201. The van der Waals surface area contributed by atoms with Gasteiger partial charge in [-0.1, -0.05) is 42.5 Å². The molecule has 0 fully saturated rings. The lowest BCUT2D eigenvalue weighted by molar-refractivity contribution is 0.233. The van der Waals surface area contributed by atoms with E-state index in [1.54, 1.807) is 6.08 Å². The normalized spacial score (nSPS) is 10.5. The third-order valence-electron chi connectivity index (χ3n) is 1.21. The zero-order valence-electron chi connectivity index (χ0n) is 5.66. The molecule has 0 aliphatic carbocycles. The molecule has 0 heterocycles. The van der Waals surface area contributed by atoms with E-state index in [4.69, 9.17) is 0 Å². The predicted molar refractivity (Wildman–Crippen MR) is 41.0 cm³/mol. The van der Waals surface area contributed by atoms with Crippen LogP contribution in [0, 0.1) is 0 Å². The summed E-state index contributed by atoms with van der Waals surface area (Å²) in [7, 11) is 0. The van der Waals surface area contributed by atoms with Gasteiger partial charge in [-0.3, -0.25) is 0 Å². The third-order valence-corrected chi connectivity index (χ3v) is 1.21. The van der Waals surface area contributed by atoms with Crippen molar-refractivity contribution in [2.24, 2.45) is 0 Å². The van der Waals surface area contributed by atoms with Gasteiger partial charge >= 0.3 is 0 Å². The molecule has 0 amide bonds. The lowest BCUT2D eigenvalue weighted by Crippen LogP contribution is -1.70. The fourth-order valence-corrected chi connectivity index (χ4v) is 0.748. The van der Waals surface area contributed by atoms with Crippen molar-refractivity contribution in [1.82, 2.24) is 0 Å². The van der Waals surface area contributed by atoms with Gasteiger partial charge in [0.05, 0.1) is 0 Å². The summed E-state index contributed by atoms with van der Waals surface area (Å²) in [6.45, 7) is -0.144. The quantitative estimate of drug-likeness (QED) is 0.589. The highest BCUT2D eigenvalue weighted by molar-refractivity contribution is 5.48. The second-order valence-electron chi connectivity index (χ2n) is 1.98. The molecule has 0 aliphatic heterocycles. The maximum Gasteiger partial charge on any atom is 0.101 e. The van der Waals surface area contributed by atoms with E-state index in [-0.39, 0.29) is 6.61 Å². The maximum absolute atomic E-state index is 10.0. The summed E-state index contributed by atoms with van der Waals surface area (Å²) in [5.74, 6) is 0. The zero-order valence-corrected chi connectivity index (χ0v) is 5.66. The van der Waals surface area contributed by atoms with Gasteiger partial charge in [-0.05, 0) is 5.56 Å². The first-order valence-electron chi connectivity index (χ1n) is 3.23. The average molecular weight is 133 g/mol. The standard InChI is InChI=1S/C9H9O/c10-8-4-7-9-5-2-1-3-6-9/h1-7H,8H2. The van der Waals surface area contributed by atoms with Gasteiger partial charge in [-0.2, -0.15) is 0 Å². The van der Waals surface area contributed by atoms with Crippen LogP contribution < -0.4 is 0 Å². The van der Waals surface area contributed by atoms with Gasteiger partial charge in [0.25, 0.3) is 0 Å². The summed E-state index contributed by atoms with van der Waals surface area (Å²) >= 11 is 0.